The van der Waals surface area contributed by atoms with Crippen LogP contribution in [-0.4, -0.2) is 48.5 Å². The van der Waals surface area contributed by atoms with Crippen LogP contribution in [0, 0.1) is 12.3 Å². The van der Waals surface area contributed by atoms with E-state index in [1.165, 1.54) is 6.26 Å². The zero-order valence-electron chi connectivity index (χ0n) is 12.2. The molecule has 1 aliphatic heterocycles. The first-order valence-electron chi connectivity index (χ1n) is 6.54. The summed E-state index contributed by atoms with van der Waals surface area (Å²) in [5.74, 6) is -0.257. The van der Waals surface area contributed by atoms with Gasteiger partial charge in [0, 0.05) is 12.1 Å². The van der Waals surface area contributed by atoms with Gasteiger partial charge in [-0.05, 0) is 12.3 Å². The van der Waals surface area contributed by atoms with E-state index in [-0.39, 0.29) is 41.1 Å². The highest BCUT2D eigenvalue weighted by Gasteiger charge is 2.41. The fourth-order valence-corrected chi connectivity index (χ4v) is 4.20. The second-order valence-electron chi connectivity index (χ2n) is 6.34. The number of hydrogen-bond acceptors (Lipinski definition) is 5. The van der Waals surface area contributed by atoms with E-state index in [1.807, 2.05) is 20.8 Å². The van der Waals surface area contributed by atoms with Crippen LogP contribution in [0.1, 0.15) is 36.8 Å². The van der Waals surface area contributed by atoms with Crippen molar-refractivity contribution >= 4 is 15.7 Å². The predicted octanol–water partition coefficient (Wildman–Crippen LogP) is 1.27. The lowest BCUT2D eigenvalue weighted by molar-refractivity contribution is 0.0551. The number of aryl methyl sites for hydroxylation is 1. The summed E-state index contributed by atoms with van der Waals surface area (Å²) in [6.07, 6.45) is 1.42. The zero-order valence-corrected chi connectivity index (χ0v) is 13.0. The summed E-state index contributed by atoms with van der Waals surface area (Å²) < 4.78 is 28.5. The molecule has 1 fully saturated rings. The third-order valence-electron chi connectivity index (χ3n) is 3.64. The second-order valence-corrected chi connectivity index (χ2v) is 8.57. The quantitative estimate of drug-likeness (QED) is 0.780. The van der Waals surface area contributed by atoms with E-state index in [2.05, 4.69) is 5.16 Å². The fraction of sp³-hybridized carbons (Fsp3) is 0.692. The summed E-state index contributed by atoms with van der Waals surface area (Å²) in [6.45, 7) is 7.77. The van der Waals surface area contributed by atoms with Crippen molar-refractivity contribution in [3.05, 3.63) is 17.5 Å². The first kappa shape index (κ1) is 15.0. The molecule has 1 aromatic heterocycles. The summed E-state index contributed by atoms with van der Waals surface area (Å²) >= 11 is 0. The summed E-state index contributed by atoms with van der Waals surface area (Å²) in [6, 6.07) is -0.357. The average molecular weight is 300 g/mol. The molecule has 2 heterocycles. The summed E-state index contributed by atoms with van der Waals surface area (Å²) in [7, 11) is -3.10. The van der Waals surface area contributed by atoms with Crippen LogP contribution in [-0.2, 0) is 9.84 Å². The van der Waals surface area contributed by atoms with Crippen molar-refractivity contribution in [1.82, 2.24) is 10.1 Å². The SMILES string of the molecule is Cc1conc1C(=O)N1CCS(=O)(=O)CC1C(C)(C)C. The van der Waals surface area contributed by atoms with Gasteiger partial charge in [0.2, 0.25) is 0 Å². The molecule has 6 nitrogen and oxygen atoms in total. The maximum absolute atomic E-state index is 12.6. The zero-order chi connectivity index (χ0) is 15.1. The van der Waals surface area contributed by atoms with Crippen LogP contribution in [0.5, 0.6) is 0 Å². The van der Waals surface area contributed by atoms with Crippen LogP contribution in [0.25, 0.3) is 0 Å². The van der Waals surface area contributed by atoms with Gasteiger partial charge in [-0.3, -0.25) is 4.79 Å². The molecule has 0 N–H and O–H groups in total. The topological polar surface area (TPSA) is 80.5 Å². The highest BCUT2D eigenvalue weighted by atomic mass is 32.2. The van der Waals surface area contributed by atoms with Crippen molar-refractivity contribution < 1.29 is 17.7 Å². The molecule has 0 spiro atoms. The summed E-state index contributed by atoms with van der Waals surface area (Å²) in [4.78, 5) is 14.2. The Balaban J connectivity index is 2.34. The monoisotopic (exact) mass is 300 g/mol. The molecule has 2 rings (SSSR count). The van der Waals surface area contributed by atoms with Gasteiger partial charge in [0.15, 0.2) is 15.5 Å². The standard InChI is InChI=1S/C13H20N2O4S/c1-9-7-19-14-11(9)12(16)15-5-6-20(17,18)8-10(15)13(2,3)4/h7,10H,5-6,8H2,1-4H3. The molecule has 0 saturated carbocycles. The van der Waals surface area contributed by atoms with Gasteiger partial charge in [-0.1, -0.05) is 25.9 Å². The summed E-state index contributed by atoms with van der Waals surface area (Å²) in [5.41, 5.74) is 0.607. The molecule has 1 saturated heterocycles. The van der Waals surface area contributed by atoms with Crippen molar-refractivity contribution in [3.63, 3.8) is 0 Å². The molecular weight excluding hydrogens is 280 g/mol. The Labute approximate surface area is 119 Å². The van der Waals surface area contributed by atoms with Crippen LogP contribution in [0.15, 0.2) is 10.8 Å². The molecular formula is C13H20N2O4S. The highest BCUT2D eigenvalue weighted by Crippen LogP contribution is 2.30. The van der Waals surface area contributed by atoms with E-state index in [9.17, 15) is 13.2 Å². The van der Waals surface area contributed by atoms with Crippen LogP contribution >= 0.6 is 0 Å². The molecule has 1 aromatic rings. The normalized spacial score (nSPS) is 22.8. The molecule has 1 aliphatic rings. The minimum Gasteiger partial charge on any atom is -0.364 e. The van der Waals surface area contributed by atoms with Crippen molar-refractivity contribution in [2.45, 2.75) is 33.7 Å². The van der Waals surface area contributed by atoms with Gasteiger partial charge in [-0.25, -0.2) is 8.42 Å². The smallest absolute Gasteiger partial charge is 0.276 e. The first-order chi connectivity index (χ1) is 9.12. The van der Waals surface area contributed by atoms with Gasteiger partial charge >= 0.3 is 0 Å². The molecule has 20 heavy (non-hydrogen) atoms. The Morgan fingerprint density at radius 1 is 1.45 bits per heavy atom. The number of carbonyl (C=O) groups is 1. The largest absolute Gasteiger partial charge is 0.364 e. The molecule has 1 atom stereocenters. The number of hydrogen-bond donors (Lipinski definition) is 0. The van der Waals surface area contributed by atoms with E-state index in [0.717, 1.165) is 0 Å². The molecule has 1 unspecified atom stereocenters. The Bertz CT molecular complexity index is 613. The lowest BCUT2D eigenvalue weighted by Gasteiger charge is -2.42. The van der Waals surface area contributed by atoms with Crippen molar-refractivity contribution in [3.8, 4) is 0 Å². The van der Waals surface area contributed by atoms with Gasteiger partial charge in [-0.15, -0.1) is 0 Å². The molecule has 0 radical (unpaired) electrons. The van der Waals surface area contributed by atoms with Gasteiger partial charge in [0.05, 0.1) is 17.5 Å². The maximum Gasteiger partial charge on any atom is 0.276 e. The van der Waals surface area contributed by atoms with Gasteiger partial charge in [0.25, 0.3) is 5.91 Å². The van der Waals surface area contributed by atoms with E-state index in [1.54, 1.807) is 11.8 Å². The molecule has 1 amide bonds. The highest BCUT2D eigenvalue weighted by molar-refractivity contribution is 7.91. The van der Waals surface area contributed by atoms with Gasteiger partial charge in [0.1, 0.15) is 6.26 Å². The fourth-order valence-electron chi connectivity index (χ4n) is 2.40. The summed E-state index contributed by atoms with van der Waals surface area (Å²) in [5, 5.41) is 3.73. The number of amides is 1. The van der Waals surface area contributed by atoms with Crippen molar-refractivity contribution in [2.24, 2.45) is 5.41 Å². The Morgan fingerprint density at radius 3 is 2.60 bits per heavy atom. The molecule has 7 heteroatoms. The van der Waals surface area contributed by atoms with Gasteiger partial charge in [-0.2, -0.15) is 0 Å². The lowest BCUT2D eigenvalue weighted by Crippen LogP contribution is -2.56. The Hall–Kier alpha value is -1.37. The minimum atomic E-state index is -3.10. The first-order valence-corrected chi connectivity index (χ1v) is 8.36. The molecule has 0 bridgehead atoms. The van der Waals surface area contributed by atoms with Crippen LogP contribution < -0.4 is 0 Å². The molecule has 0 aromatic carbocycles. The Kier molecular flexibility index (Phi) is 3.66. The van der Waals surface area contributed by atoms with Gasteiger partial charge < -0.3 is 9.42 Å². The average Bonchev–Trinajstić information content (AvgIpc) is 2.72. The Morgan fingerprint density at radius 2 is 2.10 bits per heavy atom. The molecule has 112 valence electrons. The number of nitrogens with zero attached hydrogens (tertiary/aromatic N) is 2. The minimum absolute atomic E-state index is 0.000854. The van der Waals surface area contributed by atoms with Crippen molar-refractivity contribution in [2.75, 3.05) is 18.1 Å². The number of carbonyl (C=O) groups excluding carboxylic acids is 1. The van der Waals surface area contributed by atoms with E-state index in [4.69, 9.17) is 4.52 Å². The van der Waals surface area contributed by atoms with E-state index < -0.39 is 9.84 Å². The maximum atomic E-state index is 12.6. The third kappa shape index (κ3) is 2.87. The van der Waals surface area contributed by atoms with Crippen LogP contribution in [0.2, 0.25) is 0 Å². The van der Waals surface area contributed by atoms with Crippen LogP contribution in [0.3, 0.4) is 0 Å². The predicted molar refractivity (Wildman–Crippen MR) is 74.2 cm³/mol. The third-order valence-corrected chi connectivity index (χ3v) is 5.27. The second kappa shape index (κ2) is 4.87. The van der Waals surface area contributed by atoms with E-state index in [0.29, 0.717) is 5.56 Å². The number of rotatable bonds is 1. The number of sulfone groups is 1. The number of aromatic nitrogens is 1. The lowest BCUT2D eigenvalue weighted by atomic mass is 9.86. The molecule has 0 aliphatic carbocycles. The van der Waals surface area contributed by atoms with Crippen molar-refractivity contribution in [1.29, 1.82) is 0 Å². The van der Waals surface area contributed by atoms with E-state index >= 15 is 0 Å². The van der Waals surface area contributed by atoms with Crippen LogP contribution in [0.4, 0.5) is 0 Å².